The molecule has 10 nitrogen and oxygen atoms in total. The first-order chi connectivity index (χ1) is 15.2. The summed E-state index contributed by atoms with van der Waals surface area (Å²) < 4.78 is 0. The molecule has 0 aromatic rings. The summed E-state index contributed by atoms with van der Waals surface area (Å²) in [6.07, 6.45) is -0.503. The van der Waals surface area contributed by atoms with Crippen LogP contribution in [0.3, 0.4) is 0 Å². The van der Waals surface area contributed by atoms with Crippen molar-refractivity contribution in [3.05, 3.63) is 10.6 Å². The lowest BCUT2D eigenvalue weighted by Crippen LogP contribution is -2.61. The summed E-state index contributed by atoms with van der Waals surface area (Å²) in [6, 6.07) is -0.531. The maximum absolute atomic E-state index is 12.5. The van der Waals surface area contributed by atoms with Crippen molar-refractivity contribution in [1.82, 2.24) is 20.0 Å². The molecule has 4 aliphatic heterocycles. The number of β-lactam (4-membered cyclic amide) rings is 1. The molecule has 0 aliphatic carbocycles. The Balaban J connectivity index is 1.32. The number of nitrogens with zero attached hydrogens (tertiary/aromatic N) is 3. The van der Waals surface area contributed by atoms with Crippen molar-refractivity contribution in [2.45, 2.75) is 55.7 Å². The average molecular weight is 469 g/mol. The minimum absolute atomic E-state index is 0.0242. The summed E-state index contributed by atoms with van der Waals surface area (Å²) in [7, 11) is 2.02. The summed E-state index contributed by atoms with van der Waals surface area (Å²) in [6.45, 7) is 5.16. The Morgan fingerprint density at radius 2 is 1.91 bits per heavy atom. The van der Waals surface area contributed by atoms with Crippen LogP contribution < -0.4 is 5.32 Å². The summed E-state index contributed by atoms with van der Waals surface area (Å²) in [5.74, 6) is -2.06. The summed E-state index contributed by atoms with van der Waals surface area (Å²) in [4.78, 5) is 42.6. The van der Waals surface area contributed by atoms with Crippen molar-refractivity contribution in [1.29, 1.82) is 0 Å². The van der Waals surface area contributed by atoms with Gasteiger partial charge >= 0.3 is 5.97 Å². The lowest BCUT2D eigenvalue weighted by Gasteiger charge is -2.44. The van der Waals surface area contributed by atoms with Crippen LogP contribution in [0.25, 0.3) is 0 Å². The Morgan fingerprint density at radius 1 is 1.22 bits per heavy atom. The highest BCUT2D eigenvalue weighted by molar-refractivity contribution is 8.03. The van der Waals surface area contributed by atoms with E-state index in [1.165, 1.54) is 16.7 Å². The third-order valence-corrected chi connectivity index (χ3v) is 8.37. The number of hydrogen-bond donors (Lipinski definition) is 4. The molecule has 0 bridgehead atoms. The molecule has 4 aliphatic rings. The summed E-state index contributed by atoms with van der Waals surface area (Å²) >= 11 is 1.43. The van der Waals surface area contributed by atoms with Gasteiger partial charge < -0.3 is 35.3 Å². The highest BCUT2D eigenvalue weighted by Crippen LogP contribution is 2.48. The molecule has 2 amide bonds. The van der Waals surface area contributed by atoms with Gasteiger partial charge in [-0.15, -0.1) is 11.8 Å². The number of piperazine rings is 1. The Morgan fingerprint density at radius 3 is 2.53 bits per heavy atom. The fourth-order valence-electron chi connectivity index (χ4n) is 5.16. The smallest absolute Gasteiger partial charge is 0.353 e. The number of hydrogen-bond acceptors (Lipinski definition) is 8. The molecule has 0 spiro atoms. The van der Waals surface area contributed by atoms with Crippen molar-refractivity contribution in [3.8, 4) is 0 Å². The number of fused-ring (bicyclic) bond motifs is 1. The predicted octanol–water partition coefficient (Wildman–Crippen LogP) is -1.12. The second kappa shape index (κ2) is 9.30. The fourth-order valence-corrected chi connectivity index (χ4v) is 6.61. The fraction of sp³-hybridized carbons (Fsp3) is 0.762. The predicted molar refractivity (Wildman–Crippen MR) is 118 cm³/mol. The van der Waals surface area contributed by atoms with Crippen molar-refractivity contribution in [2.75, 3.05) is 39.8 Å². The Hall–Kier alpha value is -1.66. The molecular weight excluding hydrogens is 436 g/mol. The van der Waals surface area contributed by atoms with Gasteiger partial charge in [0.15, 0.2) is 0 Å². The number of amides is 2. The van der Waals surface area contributed by atoms with Gasteiger partial charge in [0.25, 0.3) is 0 Å². The van der Waals surface area contributed by atoms with Gasteiger partial charge in [-0.3, -0.25) is 9.59 Å². The number of aliphatic hydroxyl groups excluding tert-OH is 2. The molecular formula is C21H32N4O6S. The van der Waals surface area contributed by atoms with Gasteiger partial charge in [0.2, 0.25) is 11.8 Å². The minimum atomic E-state index is -1.13. The number of aliphatic carboxylic acids is 1. The Kier molecular flexibility index (Phi) is 6.83. The van der Waals surface area contributed by atoms with Gasteiger partial charge in [-0.2, -0.15) is 0 Å². The molecule has 6 atom stereocenters. The number of rotatable bonds is 7. The normalized spacial score (nSPS) is 32.7. The molecule has 4 heterocycles. The van der Waals surface area contributed by atoms with E-state index >= 15 is 0 Å². The topological polar surface area (TPSA) is 134 Å². The largest absolute Gasteiger partial charge is 0.477 e. The lowest BCUT2D eigenvalue weighted by molar-refractivity contribution is -0.161. The molecule has 3 saturated heterocycles. The highest BCUT2D eigenvalue weighted by Gasteiger charge is 2.57. The molecule has 0 saturated carbocycles. The first-order valence-corrected chi connectivity index (χ1v) is 12.1. The van der Waals surface area contributed by atoms with E-state index in [0.29, 0.717) is 37.4 Å². The average Bonchev–Trinajstić information content (AvgIpc) is 3.31. The van der Waals surface area contributed by atoms with Crippen LogP contribution in [-0.4, -0.2) is 117 Å². The second-order valence-corrected chi connectivity index (χ2v) is 10.7. The number of likely N-dealkylation sites (N-methyl/N-ethyl adjacent to an activating group) is 1. The summed E-state index contributed by atoms with van der Waals surface area (Å²) in [5, 5.41) is 33.5. The maximum atomic E-state index is 12.5. The number of nitrogens with one attached hydrogen (secondary N) is 1. The monoisotopic (exact) mass is 468 g/mol. The van der Waals surface area contributed by atoms with Crippen LogP contribution in [0.15, 0.2) is 10.6 Å². The van der Waals surface area contributed by atoms with Crippen LogP contribution in [-0.2, 0) is 14.4 Å². The lowest BCUT2D eigenvalue weighted by atomic mass is 9.83. The third kappa shape index (κ3) is 4.41. The van der Waals surface area contributed by atoms with Crippen LogP contribution in [0.5, 0.6) is 0 Å². The maximum Gasteiger partial charge on any atom is 0.353 e. The van der Waals surface area contributed by atoms with Crippen molar-refractivity contribution in [3.63, 3.8) is 0 Å². The number of thioether (sulfide) groups is 1. The minimum Gasteiger partial charge on any atom is -0.477 e. The molecule has 4 N–H and O–H groups in total. The van der Waals surface area contributed by atoms with Gasteiger partial charge in [0.1, 0.15) is 5.70 Å². The second-order valence-electron chi connectivity index (χ2n) is 9.27. The molecule has 32 heavy (non-hydrogen) atoms. The zero-order valence-corrected chi connectivity index (χ0v) is 19.3. The highest BCUT2D eigenvalue weighted by atomic mass is 32.2. The number of carbonyl (C=O) groups excluding carboxylic acids is 2. The van der Waals surface area contributed by atoms with E-state index in [0.717, 1.165) is 13.1 Å². The number of aliphatic hydroxyl groups is 2. The van der Waals surface area contributed by atoms with Gasteiger partial charge in [-0.25, -0.2) is 4.79 Å². The van der Waals surface area contributed by atoms with E-state index in [9.17, 15) is 29.7 Å². The van der Waals surface area contributed by atoms with Crippen LogP contribution in [0.1, 0.15) is 26.2 Å². The zero-order chi connectivity index (χ0) is 23.2. The molecule has 11 heteroatoms. The van der Waals surface area contributed by atoms with Crippen molar-refractivity contribution >= 4 is 29.5 Å². The van der Waals surface area contributed by atoms with E-state index < -0.39 is 24.1 Å². The van der Waals surface area contributed by atoms with Gasteiger partial charge in [0, 0.05) is 55.3 Å². The van der Waals surface area contributed by atoms with Gasteiger partial charge in [-0.1, -0.05) is 0 Å². The van der Waals surface area contributed by atoms with Gasteiger partial charge in [-0.05, 0) is 20.4 Å². The summed E-state index contributed by atoms with van der Waals surface area (Å²) in [5.41, 5.74) is 0.0242. The molecule has 0 aromatic heterocycles. The van der Waals surface area contributed by atoms with Crippen molar-refractivity contribution < 1.29 is 29.7 Å². The van der Waals surface area contributed by atoms with Crippen LogP contribution in [0, 0.1) is 5.92 Å². The quantitative estimate of drug-likeness (QED) is 0.343. The van der Waals surface area contributed by atoms with Gasteiger partial charge in [0.05, 0.1) is 30.6 Å². The van der Waals surface area contributed by atoms with Crippen LogP contribution in [0.2, 0.25) is 0 Å². The molecule has 3 fully saturated rings. The first-order valence-electron chi connectivity index (χ1n) is 11.2. The van der Waals surface area contributed by atoms with Crippen molar-refractivity contribution in [2.24, 2.45) is 5.92 Å². The van der Waals surface area contributed by atoms with Crippen LogP contribution in [0.4, 0.5) is 0 Å². The van der Waals surface area contributed by atoms with E-state index in [4.69, 9.17) is 0 Å². The van der Waals surface area contributed by atoms with E-state index in [1.807, 2.05) is 7.05 Å². The third-order valence-electron chi connectivity index (χ3n) is 7.03. The van der Waals surface area contributed by atoms with Crippen LogP contribution >= 0.6 is 11.8 Å². The molecule has 178 valence electrons. The number of carboxylic acids is 1. The molecule has 0 unspecified atom stereocenters. The first kappa shape index (κ1) is 23.5. The van der Waals surface area contributed by atoms with E-state index in [1.54, 1.807) is 11.8 Å². The standard InChI is InChI=1S/C21H32N4O6S/c1-11(26)18-14-8-16(19(21(30)31)25(14)20(18)29)32-12-7-13(22-10-12)15(27)9-17(28)24-5-3-23(2)4-6-24/h11-15,18,22,26-27H,3-10H2,1-2H3,(H,30,31)/t11-,12+,13+,14+,15-,18-/m1/s1. The Labute approximate surface area is 191 Å². The SMILES string of the molecule is C[C@@H](O)[C@H]1C(=O)N2C(C(=O)O)=C(S[C@@H]3CN[C@H]([C@H](O)CC(=O)N4CCN(C)CC4)C3)C[C@@H]12. The number of carboxylic acid groups (broad SMARTS) is 1. The molecule has 0 aromatic carbocycles. The zero-order valence-electron chi connectivity index (χ0n) is 18.4. The Bertz CT molecular complexity index is 812. The van der Waals surface area contributed by atoms with E-state index in [-0.39, 0.29) is 41.3 Å². The molecule has 4 rings (SSSR count). The molecule has 0 radical (unpaired) electrons. The number of carbonyl (C=O) groups is 3. The van der Waals surface area contributed by atoms with E-state index in [2.05, 4.69) is 10.2 Å².